The minimum atomic E-state index is -0.298. The number of nitrogens with one attached hydrogen (secondary N) is 2. The number of aryl methyl sites for hydroxylation is 1. The summed E-state index contributed by atoms with van der Waals surface area (Å²) in [4.78, 5) is 26.5. The van der Waals surface area contributed by atoms with E-state index in [0.717, 1.165) is 30.8 Å². The fourth-order valence-electron chi connectivity index (χ4n) is 3.22. The maximum Gasteiger partial charge on any atom is 0.227 e. The van der Waals surface area contributed by atoms with Crippen LogP contribution in [0, 0.1) is 12.8 Å². The molecule has 132 valence electrons. The molecule has 24 heavy (non-hydrogen) atoms. The molecule has 2 heterocycles. The summed E-state index contributed by atoms with van der Waals surface area (Å²) < 4.78 is 5.36. The van der Waals surface area contributed by atoms with Gasteiger partial charge in [-0.3, -0.25) is 9.59 Å². The first-order valence-corrected chi connectivity index (χ1v) is 8.04. The number of rotatable bonds is 4. The first kappa shape index (κ1) is 18.5. The second kappa shape index (κ2) is 7.85. The number of hydrogen-bond acceptors (Lipinski definition) is 4. The third-order valence-corrected chi connectivity index (χ3v) is 4.53. The number of carbonyl (C=O) groups excluding carboxylic acids is 2. The Morgan fingerprint density at radius 3 is 2.88 bits per heavy atom. The summed E-state index contributed by atoms with van der Waals surface area (Å²) in [6, 6.07) is 5.91. The van der Waals surface area contributed by atoms with E-state index >= 15 is 0 Å². The van der Waals surface area contributed by atoms with Crippen molar-refractivity contribution >= 4 is 29.9 Å². The highest BCUT2D eigenvalue weighted by Crippen LogP contribution is 2.33. The molecule has 0 aromatic heterocycles. The van der Waals surface area contributed by atoms with Gasteiger partial charge in [0.25, 0.3) is 0 Å². The zero-order valence-corrected chi connectivity index (χ0v) is 14.8. The van der Waals surface area contributed by atoms with Crippen molar-refractivity contribution in [2.75, 3.05) is 31.6 Å². The first-order valence-electron chi connectivity index (χ1n) is 8.04. The van der Waals surface area contributed by atoms with E-state index in [1.54, 1.807) is 12.0 Å². The molecule has 0 saturated carbocycles. The van der Waals surface area contributed by atoms with Gasteiger partial charge in [0.1, 0.15) is 5.75 Å². The number of halogens is 1. The second-order valence-corrected chi connectivity index (χ2v) is 6.28. The van der Waals surface area contributed by atoms with Gasteiger partial charge in [-0.1, -0.05) is 6.07 Å². The predicted molar refractivity (Wildman–Crippen MR) is 94.9 cm³/mol. The third kappa shape index (κ3) is 3.82. The van der Waals surface area contributed by atoms with Gasteiger partial charge in [0.05, 0.1) is 18.7 Å². The lowest BCUT2D eigenvalue weighted by Crippen LogP contribution is -2.40. The van der Waals surface area contributed by atoms with Crippen molar-refractivity contribution in [1.29, 1.82) is 0 Å². The van der Waals surface area contributed by atoms with Gasteiger partial charge in [-0.25, -0.2) is 0 Å². The van der Waals surface area contributed by atoms with E-state index in [-0.39, 0.29) is 42.6 Å². The van der Waals surface area contributed by atoms with Crippen molar-refractivity contribution in [2.45, 2.75) is 25.8 Å². The molecule has 2 atom stereocenters. The number of anilines is 1. The molecular weight excluding hydrogens is 330 g/mol. The SMILES string of the molecule is COc1ccc(C)cc1N1CC(C(=O)NC2CCNC2)CC1=O.Cl. The lowest BCUT2D eigenvalue weighted by Gasteiger charge is -2.20. The van der Waals surface area contributed by atoms with Gasteiger partial charge in [0.2, 0.25) is 11.8 Å². The quantitative estimate of drug-likeness (QED) is 0.855. The van der Waals surface area contributed by atoms with Crippen LogP contribution in [-0.4, -0.2) is 44.6 Å². The summed E-state index contributed by atoms with van der Waals surface area (Å²) in [7, 11) is 1.59. The van der Waals surface area contributed by atoms with E-state index in [1.807, 2.05) is 25.1 Å². The molecule has 2 N–H and O–H groups in total. The van der Waals surface area contributed by atoms with E-state index < -0.39 is 0 Å². The average molecular weight is 354 g/mol. The Morgan fingerprint density at radius 1 is 1.42 bits per heavy atom. The highest BCUT2D eigenvalue weighted by molar-refractivity contribution is 6.01. The van der Waals surface area contributed by atoms with Gasteiger partial charge in [0, 0.05) is 25.6 Å². The molecule has 7 heteroatoms. The molecule has 2 unspecified atom stereocenters. The predicted octanol–water partition coefficient (Wildman–Crippen LogP) is 1.26. The monoisotopic (exact) mass is 353 g/mol. The Kier molecular flexibility index (Phi) is 6.07. The molecule has 0 aliphatic carbocycles. The average Bonchev–Trinajstić information content (AvgIpc) is 3.16. The Hall–Kier alpha value is -1.79. The van der Waals surface area contributed by atoms with Gasteiger partial charge in [-0.05, 0) is 37.6 Å². The highest BCUT2D eigenvalue weighted by atomic mass is 35.5. The molecule has 2 amide bonds. The third-order valence-electron chi connectivity index (χ3n) is 4.53. The maximum absolute atomic E-state index is 12.4. The second-order valence-electron chi connectivity index (χ2n) is 6.28. The Morgan fingerprint density at radius 2 is 2.21 bits per heavy atom. The number of benzene rings is 1. The zero-order valence-electron chi connectivity index (χ0n) is 14.0. The molecule has 3 rings (SSSR count). The number of ether oxygens (including phenoxy) is 1. The van der Waals surface area contributed by atoms with E-state index in [4.69, 9.17) is 4.74 Å². The maximum atomic E-state index is 12.4. The van der Waals surface area contributed by atoms with Crippen molar-refractivity contribution < 1.29 is 14.3 Å². The van der Waals surface area contributed by atoms with Crippen LogP contribution in [-0.2, 0) is 9.59 Å². The van der Waals surface area contributed by atoms with Crippen molar-refractivity contribution in [3.63, 3.8) is 0 Å². The minimum Gasteiger partial charge on any atom is -0.495 e. The summed E-state index contributed by atoms with van der Waals surface area (Å²) in [5.41, 5.74) is 1.80. The number of nitrogens with zero attached hydrogens (tertiary/aromatic N) is 1. The van der Waals surface area contributed by atoms with E-state index in [1.165, 1.54) is 0 Å². The topological polar surface area (TPSA) is 70.7 Å². The van der Waals surface area contributed by atoms with Crippen LogP contribution in [0.15, 0.2) is 18.2 Å². The van der Waals surface area contributed by atoms with Crippen molar-refractivity contribution in [2.24, 2.45) is 5.92 Å². The molecule has 2 fully saturated rings. The fraction of sp³-hybridized carbons (Fsp3) is 0.529. The molecule has 6 nitrogen and oxygen atoms in total. The summed E-state index contributed by atoms with van der Waals surface area (Å²) in [5, 5.41) is 6.27. The molecule has 0 bridgehead atoms. The van der Waals surface area contributed by atoms with Crippen molar-refractivity contribution in [3.8, 4) is 5.75 Å². The van der Waals surface area contributed by atoms with Crippen LogP contribution in [0.5, 0.6) is 5.75 Å². The van der Waals surface area contributed by atoms with Crippen molar-refractivity contribution in [3.05, 3.63) is 23.8 Å². The van der Waals surface area contributed by atoms with Crippen molar-refractivity contribution in [1.82, 2.24) is 10.6 Å². The molecule has 0 spiro atoms. The summed E-state index contributed by atoms with van der Waals surface area (Å²) in [6.45, 7) is 4.12. The lowest BCUT2D eigenvalue weighted by molar-refractivity contribution is -0.126. The number of hydrogen-bond donors (Lipinski definition) is 2. The smallest absolute Gasteiger partial charge is 0.227 e. The minimum absolute atomic E-state index is 0. The summed E-state index contributed by atoms with van der Waals surface area (Å²) in [6.07, 6.45) is 1.20. The Labute approximate surface area is 148 Å². The lowest BCUT2D eigenvalue weighted by atomic mass is 10.1. The molecule has 0 radical (unpaired) electrons. The molecule has 2 saturated heterocycles. The van der Waals surface area contributed by atoms with Crippen LogP contribution in [0.2, 0.25) is 0 Å². The Bertz CT molecular complexity index is 617. The van der Waals surface area contributed by atoms with Gasteiger partial charge >= 0.3 is 0 Å². The number of methoxy groups -OCH3 is 1. The first-order chi connectivity index (χ1) is 11.1. The largest absolute Gasteiger partial charge is 0.495 e. The van der Waals surface area contributed by atoms with Crippen LogP contribution in [0.4, 0.5) is 5.69 Å². The van der Waals surface area contributed by atoms with Gasteiger partial charge in [-0.15, -0.1) is 12.4 Å². The van der Waals surface area contributed by atoms with E-state index in [0.29, 0.717) is 12.3 Å². The van der Waals surface area contributed by atoms with Crippen LogP contribution in [0.1, 0.15) is 18.4 Å². The highest BCUT2D eigenvalue weighted by Gasteiger charge is 2.37. The number of carbonyl (C=O) groups is 2. The van der Waals surface area contributed by atoms with E-state index in [9.17, 15) is 9.59 Å². The summed E-state index contributed by atoms with van der Waals surface area (Å²) in [5.74, 6) is 0.304. The molecule has 1 aromatic rings. The van der Waals surface area contributed by atoms with Crippen LogP contribution < -0.4 is 20.3 Å². The van der Waals surface area contributed by atoms with Gasteiger partial charge < -0.3 is 20.3 Å². The molecule has 2 aliphatic rings. The van der Waals surface area contributed by atoms with Crippen LogP contribution in [0.25, 0.3) is 0 Å². The molecular formula is C17H24ClN3O3. The van der Waals surface area contributed by atoms with Gasteiger partial charge in [0.15, 0.2) is 0 Å². The Balaban J connectivity index is 0.00000208. The van der Waals surface area contributed by atoms with Gasteiger partial charge in [-0.2, -0.15) is 0 Å². The standard InChI is InChI=1S/C17H23N3O3.ClH/c1-11-3-4-15(23-2)14(7-11)20-10-12(8-16(20)21)17(22)19-13-5-6-18-9-13;/h3-4,7,12-13,18H,5-6,8-10H2,1-2H3,(H,19,22);1H. The molecule has 2 aliphatic heterocycles. The summed E-state index contributed by atoms with van der Waals surface area (Å²) >= 11 is 0. The zero-order chi connectivity index (χ0) is 16.4. The van der Waals surface area contributed by atoms with E-state index in [2.05, 4.69) is 10.6 Å². The van der Waals surface area contributed by atoms with Crippen LogP contribution >= 0.6 is 12.4 Å². The number of amides is 2. The normalized spacial score (nSPS) is 23.1. The van der Waals surface area contributed by atoms with Crippen LogP contribution in [0.3, 0.4) is 0 Å². The fourth-order valence-corrected chi connectivity index (χ4v) is 3.22. The molecule has 1 aromatic carbocycles.